The molecule has 0 aliphatic carbocycles. The fraction of sp³-hybridized carbons (Fsp3) is 0.796. The summed E-state index contributed by atoms with van der Waals surface area (Å²) in [4.78, 5) is 141. The molecule has 0 bridgehead atoms. The molecule has 11 atom stereocenters. The monoisotopic (exact) mass is 1150 g/mol. The number of nitrogens with two attached hydrogens (primary N) is 6. The zero-order valence-corrected chi connectivity index (χ0v) is 49.8. The molecule has 27 heteroatoms. The van der Waals surface area contributed by atoms with Crippen LogP contribution >= 0.6 is 0 Å². The van der Waals surface area contributed by atoms with Crippen LogP contribution in [-0.4, -0.2) is 157 Å². The maximum absolute atomic E-state index is 14.5. The first-order valence-corrected chi connectivity index (χ1v) is 29.1. The fourth-order valence-corrected chi connectivity index (χ4v) is 8.55. The average molecular weight is 1150 g/mol. The third-order valence-electron chi connectivity index (χ3n) is 13.5. The van der Waals surface area contributed by atoms with E-state index in [2.05, 4.69) is 52.8 Å². The molecule has 0 aliphatic heterocycles. The predicted octanol–water partition coefficient (Wildman–Crippen LogP) is -2.00. The summed E-state index contributed by atoms with van der Waals surface area (Å²) in [5.41, 5.74) is 33.8. The summed E-state index contributed by atoms with van der Waals surface area (Å²) in [5, 5.41) is 35.0. The minimum Gasteiger partial charge on any atom is -0.391 e. The van der Waals surface area contributed by atoms with Crippen LogP contribution in [0.15, 0.2) is 4.99 Å². The minimum absolute atomic E-state index is 0.0154. The van der Waals surface area contributed by atoms with Gasteiger partial charge in [0.05, 0.1) is 12.6 Å². The summed E-state index contributed by atoms with van der Waals surface area (Å²) < 4.78 is 0. The van der Waals surface area contributed by atoms with Crippen LogP contribution in [0.3, 0.4) is 0 Å². The summed E-state index contributed by atoms with van der Waals surface area (Å²) in [7, 11) is 0. The number of amides is 10. The van der Waals surface area contributed by atoms with Crippen LogP contribution in [0.4, 0.5) is 0 Å². The number of aliphatic hydroxyl groups excluding tert-OH is 1. The molecule has 0 aromatic carbocycles. The van der Waals surface area contributed by atoms with Gasteiger partial charge in [-0.15, -0.1) is 0 Å². The van der Waals surface area contributed by atoms with Gasteiger partial charge < -0.3 is 87.4 Å². The van der Waals surface area contributed by atoms with Gasteiger partial charge >= 0.3 is 0 Å². The van der Waals surface area contributed by atoms with Gasteiger partial charge in [-0.2, -0.15) is 0 Å². The van der Waals surface area contributed by atoms with Crippen LogP contribution < -0.4 is 82.3 Å². The molecular formula is C54H104N16O11. The molecule has 27 nitrogen and oxygen atoms in total. The highest BCUT2D eigenvalue weighted by molar-refractivity contribution is 5.98. The van der Waals surface area contributed by atoms with Gasteiger partial charge in [-0.1, -0.05) is 87.5 Å². The minimum atomic E-state index is -1.63. The van der Waals surface area contributed by atoms with E-state index in [1.807, 2.05) is 41.5 Å². The Balaban J connectivity index is 7.00. The van der Waals surface area contributed by atoms with Crippen molar-refractivity contribution in [3.05, 3.63) is 0 Å². The van der Waals surface area contributed by atoms with E-state index >= 15 is 0 Å². The van der Waals surface area contributed by atoms with Crippen LogP contribution in [-0.2, 0) is 47.9 Å². The van der Waals surface area contributed by atoms with Crippen LogP contribution in [0, 0.1) is 17.8 Å². The Morgan fingerprint density at radius 2 is 0.765 bits per heavy atom. The van der Waals surface area contributed by atoms with E-state index in [1.54, 1.807) is 13.8 Å². The molecule has 0 saturated carbocycles. The maximum atomic E-state index is 14.5. The smallest absolute Gasteiger partial charge is 0.245 e. The van der Waals surface area contributed by atoms with Crippen molar-refractivity contribution in [1.29, 1.82) is 0 Å². The Morgan fingerprint density at radius 1 is 0.420 bits per heavy atom. The summed E-state index contributed by atoms with van der Waals surface area (Å²) >= 11 is 0. The molecule has 0 spiro atoms. The van der Waals surface area contributed by atoms with Gasteiger partial charge in [0, 0.05) is 6.54 Å². The number of primary amides is 1. The van der Waals surface area contributed by atoms with E-state index in [9.17, 15) is 53.1 Å². The zero-order chi connectivity index (χ0) is 61.8. The first kappa shape index (κ1) is 74.8. The molecular weight excluding hydrogens is 1050 g/mol. The van der Waals surface area contributed by atoms with E-state index in [0.717, 1.165) is 12.8 Å². The molecule has 0 aromatic heterocycles. The molecule has 0 aliphatic rings. The number of carbonyl (C=O) groups is 10. The summed E-state index contributed by atoms with van der Waals surface area (Å²) in [6.07, 6.45) is 4.23. The number of aliphatic imine (C=N–C) groups is 1. The quantitative estimate of drug-likeness (QED) is 0.0178. The first-order valence-electron chi connectivity index (χ1n) is 29.1. The van der Waals surface area contributed by atoms with Crippen molar-refractivity contribution in [3.63, 3.8) is 0 Å². The second-order valence-electron chi connectivity index (χ2n) is 21.8. The standard InChI is InChI=1S/C54H104N16O11/c1-10-13-20-35(45(58)73)63-50(78)41(29-32(6)7)68-53(81)44(34(9)71)70-49(77)38(23-16-18-26-56)66-52(80)43(33(8)12-3)69-48(76)39(24-19-27-61-54(59)60)64-47(75)37(22-15-17-25-55)65-51(79)40(28-31(4)5)67-46(74)36(21-14-11-2)62-42(72)30-57/h31-41,43-44,71H,10-30,55-57H2,1-9H3,(H2,58,73)(H,62,72)(H,63,78)(H,64,75)(H,65,79)(H,66,80)(H,67,74)(H,68,81)(H,69,76)(H,70,77)(H4,59,60,61)/t33-,34+,35-,36-,37-,38-,39-,40-,41-,43-,44-/m0/s1. The number of hydrogen-bond acceptors (Lipinski definition) is 15. The Morgan fingerprint density at radius 3 is 1.16 bits per heavy atom. The molecule has 0 saturated heterocycles. The van der Waals surface area contributed by atoms with E-state index in [0.29, 0.717) is 51.4 Å². The number of aliphatic hydroxyl groups is 1. The predicted molar refractivity (Wildman–Crippen MR) is 310 cm³/mol. The molecule has 0 radical (unpaired) electrons. The van der Waals surface area contributed by atoms with Crippen LogP contribution in [0.1, 0.15) is 171 Å². The third kappa shape index (κ3) is 31.0. The van der Waals surface area contributed by atoms with Crippen LogP contribution in [0.25, 0.3) is 0 Å². The molecule has 0 heterocycles. The molecule has 81 heavy (non-hydrogen) atoms. The number of guanidine groups is 1. The number of unbranched alkanes of at least 4 members (excludes halogenated alkanes) is 4. The molecule has 0 unspecified atom stereocenters. The van der Waals surface area contributed by atoms with Gasteiger partial charge in [-0.05, 0) is 115 Å². The number of nitrogens with zero attached hydrogens (tertiary/aromatic N) is 1. The highest BCUT2D eigenvalue weighted by Crippen LogP contribution is 2.15. The summed E-state index contributed by atoms with van der Waals surface area (Å²) in [5.74, 6) is -8.41. The lowest BCUT2D eigenvalue weighted by atomic mass is 9.96. The Hall–Kier alpha value is -6.19. The van der Waals surface area contributed by atoms with E-state index < -0.39 is 125 Å². The summed E-state index contributed by atoms with van der Waals surface area (Å²) in [6, 6.07) is -11.1. The summed E-state index contributed by atoms with van der Waals surface area (Å²) in [6.45, 7) is 16.1. The number of nitrogens with one attached hydrogen (secondary N) is 9. The normalized spacial score (nSPS) is 15.3. The molecule has 466 valence electrons. The van der Waals surface area contributed by atoms with Gasteiger partial charge in [0.25, 0.3) is 0 Å². The average Bonchev–Trinajstić information content (AvgIpc) is 3.41. The van der Waals surface area contributed by atoms with E-state index in [1.165, 1.54) is 6.92 Å². The third-order valence-corrected chi connectivity index (χ3v) is 13.5. The Bertz CT molecular complexity index is 1990. The van der Waals surface area contributed by atoms with E-state index in [4.69, 9.17) is 34.4 Å². The maximum Gasteiger partial charge on any atom is 0.245 e. The van der Waals surface area contributed by atoms with Gasteiger partial charge in [-0.3, -0.25) is 52.9 Å². The lowest BCUT2D eigenvalue weighted by molar-refractivity contribution is -0.137. The van der Waals surface area contributed by atoms with Crippen molar-refractivity contribution in [2.45, 2.75) is 232 Å². The van der Waals surface area contributed by atoms with Crippen molar-refractivity contribution in [2.24, 2.45) is 57.1 Å². The van der Waals surface area contributed by atoms with Crippen LogP contribution in [0.2, 0.25) is 0 Å². The topological polar surface area (TPSA) is 468 Å². The SMILES string of the molecule is CCCC[C@H](NC(=O)[C@H](CC(C)C)NC(=O)[C@@H](NC(=O)[C@H](CCCCN)NC(=O)[C@@H](NC(=O)[C@H](CCCN=C(N)N)NC(=O)[C@H](CCCCN)NC(=O)[C@H](CC(C)C)NC(=O)[C@H](CCCC)NC(=O)CN)[C@@H](C)CC)[C@@H](C)O)C(N)=O. The molecule has 0 fully saturated rings. The zero-order valence-electron chi connectivity index (χ0n) is 49.8. The molecule has 22 N–H and O–H groups in total. The highest BCUT2D eigenvalue weighted by Gasteiger charge is 2.37. The lowest BCUT2D eigenvalue weighted by Gasteiger charge is -2.30. The van der Waals surface area contributed by atoms with Gasteiger partial charge in [0.1, 0.15) is 54.4 Å². The molecule has 0 aromatic rings. The number of rotatable bonds is 44. The van der Waals surface area contributed by atoms with Crippen LogP contribution in [0.5, 0.6) is 0 Å². The largest absolute Gasteiger partial charge is 0.391 e. The second-order valence-corrected chi connectivity index (χ2v) is 21.8. The molecule has 0 rings (SSSR count). The van der Waals surface area contributed by atoms with E-state index in [-0.39, 0.29) is 88.9 Å². The second kappa shape index (κ2) is 41.8. The lowest BCUT2D eigenvalue weighted by Crippen LogP contribution is -2.62. The Kier molecular flexibility index (Phi) is 38.6. The van der Waals surface area contributed by atoms with Crippen molar-refractivity contribution in [1.82, 2.24) is 47.9 Å². The van der Waals surface area contributed by atoms with Crippen molar-refractivity contribution in [2.75, 3.05) is 26.2 Å². The first-order chi connectivity index (χ1) is 38.2. The highest BCUT2D eigenvalue weighted by atomic mass is 16.3. The number of hydrogen-bond donors (Lipinski definition) is 16. The van der Waals surface area contributed by atoms with Crippen molar-refractivity contribution >= 4 is 65.0 Å². The number of carbonyl (C=O) groups excluding carboxylic acids is 10. The van der Waals surface area contributed by atoms with Gasteiger partial charge in [-0.25, -0.2) is 0 Å². The fourth-order valence-electron chi connectivity index (χ4n) is 8.55. The van der Waals surface area contributed by atoms with Gasteiger partial charge in [0.2, 0.25) is 59.1 Å². The van der Waals surface area contributed by atoms with Crippen molar-refractivity contribution < 1.29 is 53.1 Å². The van der Waals surface area contributed by atoms with Gasteiger partial charge in [0.15, 0.2) is 5.96 Å². The molecule has 10 amide bonds. The Labute approximate surface area is 479 Å². The van der Waals surface area contributed by atoms with Crippen molar-refractivity contribution in [3.8, 4) is 0 Å².